The van der Waals surface area contributed by atoms with E-state index in [2.05, 4.69) is 58.9 Å². The smallest absolute Gasteiger partial charge is 0.00257 e. The molecule has 1 aromatic rings. The van der Waals surface area contributed by atoms with Crippen molar-refractivity contribution >= 4 is 0 Å². The van der Waals surface area contributed by atoms with Crippen molar-refractivity contribution in [1.82, 2.24) is 0 Å². The fourth-order valence-electron chi connectivity index (χ4n) is 1.78. The lowest BCUT2D eigenvalue weighted by molar-refractivity contribution is 0.348. The van der Waals surface area contributed by atoms with Gasteiger partial charge in [0.1, 0.15) is 0 Å². The summed E-state index contributed by atoms with van der Waals surface area (Å²) in [6, 6.07) is 8.96. The largest absolute Gasteiger partial charge is 0.330 e. The summed E-state index contributed by atoms with van der Waals surface area (Å²) in [6.07, 6.45) is 2.27. The second-order valence-corrected chi connectivity index (χ2v) is 6.82. The van der Waals surface area contributed by atoms with Gasteiger partial charge in [0.15, 0.2) is 0 Å². The molecule has 2 N–H and O–H groups in total. The summed E-state index contributed by atoms with van der Waals surface area (Å²) >= 11 is 0. The molecule has 0 saturated heterocycles. The number of rotatable bonds is 4. The Kier molecular flexibility index (Phi) is 4.37. The minimum absolute atomic E-state index is 0.236. The van der Waals surface area contributed by atoms with Crippen molar-refractivity contribution in [3.8, 4) is 0 Å². The van der Waals surface area contributed by atoms with Crippen LogP contribution in [-0.4, -0.2) is 6.54 Å². The highest BCUT2D eigenvalue weighted by atomic mass is 14.6. The van der Waals surface area contributed by atoms with E-state index in [4.69, 9.17) is 5.73 Å². The molecule has 0 aliphatic rings. The van der Waals surface area contributed by atoms with E-state index in [1.807, 2.05) is 0 Å². The Bertz CT molecular complexity index is 358. The monoisotopic (exact) mass is 233 g/mol. The predicted molar refractivity (Wildman–Crippen MR) is 76.3 cm³/mol. The molecule has 96 valence electrons. The normalized spacial score (nSPS) is 12.8. The minimum atomic E-state index is 0.236. The van der Waals surface area contributed by atoms with Gasteiger partial charge in [-0.05, 0) is 41.3 Å². The van der Waals surface area contributed by atoms with Gasteiger partial charge < -0.3 is 5.73 Å². The topological polar surface area (TPSA) is 26.0 Å². The van der Waals surface area contributed by atoms with Gasteiger partial charge in [-0.2, -0.15) is 0 Å². The van der Waals surface area contributed by atoms with Gasteiger partial charge in [0.2, 0.25) is 0 Å². The maximum absolute atomic E-state index is 5.77. The summed E-state index contributed by atoms with van der Waals surface area (Å²) in [5, 5.41) is 0. The van der Waals surface area contributed by atoms with Gasteiger partial charge in [0.25, 0.3) is 0 Å². The van der Waals surface area contributed by atoms with E-state index in [9.17, 15) is 0 Å². The number of nitrogens with two attached hydrogens (primary N) is 1. The number of aryl methyl sites for hydroxylation is 1. The molecule has 0 amide bonds. The number of hydrogen-bond acceptors (Lipinski definition) is 1. The highest BCUT2D eigenvalue weighted by Gasteiger charge is 2.17. The predicted octanol–water partition coefficient (Wildman–Crippen LogP) is 3.90. The molecule has 1 rings (SSSR count). The summed E-state index contributed by atoms with van der Waals surface area (Å²) in [6.45, 7) is 12.0. The van der Waals surface area contributed by atoms with Crippen LogP contribution >= 0.6 is 0 Å². The summed E-state index contributed by atoms with van der Waals surface area (Å²) in [7, 11) is 0. The van der Waals surface area contributed by atoms with Crippen molar-refractivity contribution in [2.75, 3.05) is 6.54 Å². The fourth-order valence-corrected chi connectivity index (χ4v) is 1.78. The zero-order valence-corrected chi connectivity index (χ0v) is 12.0. The molecule has 0 aliphatic carbocycles. The quantitative estimate of drug-likeness (QED) is 0.838. The van der Waals surface area contributed by atoms with Crippen molar-refractivity contribution < 1.29 is 0 Å². The van der Waals surface area contributed by atoms with Crippen molar-refractivity contribution in [3.05, 3.63) is 35.4 Å². The third-order valence-electron chi connectivity index (χ3n) is 3.44. The summed E-state index contributed by atoms with van der Waals surface area (Å²) in [4.78, 5) is 0. The molecule has 17 heavy (non-hydrogen) atoms. The lowest BCUT2D eigenvalue weighted by Gasteiger charge is -2.23. The van der Waals surface area contributed by atoms with Gasteiger partial charge in [0.05, 0.1) is 0 Å². The van der Waals surface area contributed by atoms with E-state index >= 15 is 0 Å². The summed E-state index contributed by atoms with van der Waals surface area (Å²) in [5.41, 5.74) is 9.10. The average molecular weight is 233 g/mol. The highest BCUT2D eigenvalue weighted by Crippen LogP contribution is 2.25. The number of benzene rings is 1. The maximum Gasteiger partial charge on any atom is -0.00257 e. The molecule has 0 spiro atoms. The van der Waals surface area contributed by atoms with Crippen molar-refractivity contribution in [2.24, 2.45) is 11.1 Å². The van der Waals surface area contributed by atoms with E-state index in [1.54, 1.807) is 0 Å². The highest BCUT2D eigenvalue weighted by molar-refractivity contribution is 5.28. The molecule has 0 aliphatic heterocycles. The summed E-state index contributed by atoms with van der Waals surface area (Å²) in [5.74, 6) is 0. The second kappa shape index (κ2) is 5.22. The molecule has 0 unspecified atom stereocenters. The van der Waals surface area contributed by atoms with Crippen LogP contribution in [0.2, 0.25) is 0 Å². The van der Waals surface area contributed by atoms with Gasteiger partial charge in [-0.15, -0.1) is 0 Å². The van der Waals surface area contributed by atoms with Crippen LogP contribution in [0.25, 0.3) is 0 Å². The van der Waals surface area contributed by atoms with Gasteiger partial charge in [0, 0.05) is 0 Å². The van der Waals surface area contributed by atoms with Crippen molar-refractivity contribution in [3.63, 3.8) is 0 Å². The Morgan fingerprint density at radius 1 is 1.06 bits per heavy atom. The van der Waals surface area contributed by atoms with Crippen LogP contribution in [0.15, 0.2) is 24.3 Å². The first kappa shape index (κ1) is 14.2. The van der Waals surface area contributed by atoms with Gasteiger partial charge in [-0.25, -0.2) is 0 Å². The van der Waals surface area contributed by atoms with Crippen LogP contribution in [0.5, 0.6) is 0 Å². The van der Waals surface area contributed by atoms with Crippen molar-refractivity contribution in [2.45, 2.75) is 52.9 Å². The van der Waals surface area contributed by atoms with Gasteiger partial charge >= 0.3 is 0 Å². The Labute approximate surface area is 106 Å². The summed E-state index contributed by atoms with van der Waals surface area (Å²) < 4.78 is 0. The first-order valence-electron chi connectivity index (χ1n) is 6.54. The van der Waals surface area contributed by atoms with E-state index in [-0.39, 0.29) is 10.8 Å². The molecule has 0 fully saturated rings. The van der Waals surface area contributed by atoms with Gasteiger partial charge in [-0.3, -0.25) is 0 Å². The van der Waals surface area contributed by atoms with E-state index in [0.29, 0.717) is 0 Å². The maximum atomic E-state index is 5.77. The molecule has 1 heteroatoms. The zero-order valence-electron chi connectivity index (χ0n) is 12.0. The Balaban J connectivity index is 2.74. The molecular weight excluding hydrogens is 206 g/mol. The van der Waals surface area contributed by atoms with Crippen LogP contribution in [0.3, 0.4) is 0 Å². The van der Waals surface area contributed by atoms with E-state index < -0.39 is 0 Å². The Morgan fingerprint density at radius 3 is 2.24 bits per heavy atom. The molecular formula is C16H27N. The average Bonchev–Trinajstić information content (AvgIpc) is 2.26. The standard InChI is InChI=1S/C16H27N/c1-15(2,3)14-8-6-7-13(11-14)9-10-16(4,5)12-17/h6-8,11H,9-10,12,17H2,1-5H3. The second-order valence-electron chi connectivity index (χ2n) is 6.82. The molecule has 0 saturated carbocycles. The molecule has 0 atom stereocenters. The molecule has 0 aromatic heterocycles. The fraction of sp³-hybridized carbons (Fsp3) is 0.625. The molecule has 0 radical (unpaired) electrons. The SMILES string of the molecule is CC(C)(CN)CCc1cccc(C(C)(C)C)c1. The van der Waals surface area contributed by atoms with E-state index in [0.717, 1.165) is 19.4 Å². The van der Waals surface area contributed by atoms with Crippen LogP contribution in [-0.2, 0) is 11.8 Å². The molecule has 0 heterocycles. The zero-order chi connectivity index (χ0) is 13.1. The molecule has 1 aromatic carbocycles. The first-order valence-corrected chi connectivity index (χ1v) is 6.54. The minimum Gasteiger partial charge on any atom is -0.330 e. The van der Waals surface area contributed by atoms with E-state index in [1.165, 1.54) is 11.1 Å². The van der Waals surface area contributed by atoms with Crippen LogP contribution in [0, 0.1) is 5.41 Å². The number of hydrogen-bond donors (Lipinski definition) is 1. The van der Waals surface area contributed by atoms with Crippen LogP contribution < -0.4 is 5.73 Å². The van der Waals surface area contributed by atoms with Gasteiger partial charge in [-0.1, -0.05) is 58.9 Å². The Morgan fingerprint density at radius 2 is 1.71 bits per heavy atom. The third kappa shape index (κ3) is 4.51. The lowest BCUT2D eigenvalue weighted by atomic mass is 9.83. The van der Waals surface area contributed by atoms with Crippen LogP contribution in [0.4, 0.5) is 0 Å². The third-order valence-corrected chi connectivity index (χ3v) is 3.44. The molecule has 1 nitrogen and oxygen atoms in total. The van der Waals surface area contributed by atoms with Crippen molar-refractivity contribution in [1.29, 1.82) is 0 Å². The first-order chi connectivity index (χ1) is 7.74. The molecule has 0 bridgehead atoms. The van der Waals surface area contributed by atoms with Crippen LogP contribution in [0.1, 0.15) is 52.2 Å². The lowest BCUT2D eigenvalue weighted by Crippen LogP contribution is -2.24. The Hall–Kier alpha value is -0.820.